The van der Waals surface area contributed by atoms with Crippen LogP contribution in [0.25, 0.3) is 0 Å². The van der Waals surface area contributed by atoms with E-state index in [-0.39, 0.29) is 11.8 Å². The number of nitrogens with one attached hydrogen (secondary N) is 2. The maximum atomic E-state index is 12.8. The third-order valence-corrected chi connectivity index (χ3v) is 4.90. The van der Waals surface area contributed by atoms with Crippen molar-refractivity contribution in [3.05, 3.63) is 46.5 Å². The highest BCUT2D eigenvalue weighted by Crippen LogP contribution is 2.22. The van der Waals surface area contributed by atoms with Crippen molar-refractivity contribution in [2.45, 2.75) is 46.1 Å². The third kappa shape index (κ3) is 4.69. The van der Waals surface area contributed by atoms with Gasteiger partial charge in [-0.1, -0.05) is 25.4 Å². The average molecular weight is 389 g/mol. The first-order valence-corrected chi connectivity index (χ1v) is 9.78. The number of hydrogen-bond acceptors (Lipinski definition) is 3. The molecule has 1 aromatic heterocycles. The number of benzene rings is 1. The first-order valence-electron chi connectivity index (χ1n) is 9.40. The Labute approximate surface area is 164 Å². The first kappa shape index (κ1) is 19.4. The van der Waals surface area contributed by atoms with Crippen LogP contribution in [0.2, 0.25) is 5.02 Å². The molecule has 0 radical (unpaired) electrons. The molecule has 2 heterocycles. The van der Waals surface area contributed by atoms with Crippen LogP contribution in [0.1, 0.15) is 59.9 Å². The number of carbonyl (C=O) groups excluding carboxylic acids is 2. The van der Waals surface area contributed by atoms with Gasteiger partial charge in [-0.3, -0.25) is 9.59 Å². The molecule has 7 heteroatoms. The molecule has 0 spiro atoms. The number of anilines is 1. The molecule has 1 aliphatic heterocycles. The van der Waals surface area contributed by atoms with E-state index in [0.717, 1.165) is 31.4 Å². The maximum absolute atomic E-state index is 12.8. The Morgan fingerprint density at radius 3 is 2.63 bits per heavy atom. The van der Waals surface area contributed by atoms with Crippen LogP contribution in [-0.2, 0) is 13.0 Å². The zero-order chi connectivity index (χ0) is 19.4. The fraction of sp³-hybridized carbons (Fsp3) is 0.450. The second-order valence-electron chi connectivity index (χ2n) is 7.24. The van der Waals surface area contributed by atoms with Crippen molar-refractivity contribution in [3.63, 3.8) is 0 Å². The first-order chi connectivity index (χ1) is 13.0. The molecule has 0 saturated heterocycles. The minimum atomic E-state index is -0.302. The van der Waals surface area contributed by atoms with E-state index in [1.54, 1.807) is 24.3 Å². The van der Waals surface area contributed by atoms with Gasteiger partial charge in [0.1, 0.15) is 0 Å². The van der Waals surface area contributed by atoms with Gasteiger partial charge in [0.05, 0.1) is 5.69 Å². The van der Waals surface area contributed by atoms with Crippen LogP contribution in [0.15, 0.2) is 24.3 Å². The molecule has 2 N–H and O–H groups in total. The number of nitrogens with zero attached hydrogens (tertiary/aromatic N) is 2. The van der Waals surface area contributed by atoms with E-state index < -0.39 is 0 Å². The Hall–Kier alpha value is -2.34. The van der Waals surface area contributed by atoms with Crippen LogP contribution in [0, 0.1) is 5.92 Å². The molecule has 6 nitrogen and oxygen atoms in total. The molecule has 1 aliphatic rings. The highest BCUT2D eigenvalue weighted by Gasteiger charge is 2.27. The molecule has 3 rings (SSSR count). The van der Waals surface area contributed by atoms with Crippen molar-refractivity contribution >= 4 is 29.1 Å². The van der Waals surface area contributed by atoms with Gasteiger partial charge in [-0.05, 0) is 55.9 Å². The van der Waals surface area contributed by atoms with Crippen LogP contribution in [0.4, 0.5) is 5.69 Å². The Balaban J connectivity index is 1.80. The van der Waals surface area contributed by atoms with Crippen molar-refractivity contribution in [2.75, 3.05) is 11.9 Å². The predicted molar refractivity (Wildman–Crippen MR) is 106 cm³/mol. The number of amides is 2. The zero-order valence-corrected chi connectivity index (χ0v) is 16.5. The van der Waals surface area contributed by atoms with Crippen LogP contribution in [0.5, 0.6) is 0 Å². The summed E-state index contributed by atoms with van der Waals surface area (Å²) in [7, 11) is 0. The minimum absolute atomic E-state index is 0.218. The van der Waals surface area contributed by atoms with Crippen LogP contribution >= 0.6 is 11.6 Å². The fourth-order valence-corrected chi connectivity index (χ4v) is 3.30. The Morgan fingerprint density at radius 2 is 1.93 bits per heavy atom. The summed E-state index contributed by atoms with van der Waals surface area (Å²) < 4.78 is 1.89. The van der Waals surface area contributed by atoms with Crippen molar-refractivity contribution < 1.29 is 9.59 Å². The Bertz CT molecular complexity index is 827. The zero-order valence-electron chi connectivity index (χ0n) is 15.7. The van der Waals surface area contributed by atoms with E-state index in [9.17, 15) is 9.59 Å². The summed E-state index contributed by atoms with van der Waals surface area (Å²) in [5, 5.41) is 6.37. The largest absolute Gasteiger partial charge is 0.349 e. The smallest absolute Gasteiger partial charge is 0.287 e. The molecule has 27 heavy (non-hydrogen) atoms. The number of aromatic nitrogens is 2. The molecule has 0 atom stereocenters. The summed E-state index contributed by atoms with van der Waals surface area (Å²) in [4.78, 5) is 29.8. The van der Waals surface area contributed by atoms with Gasteiger partial charge in [0.2, 0.25) is 0 Å². The summed E-state index contributed by atoms with van der Waals surface area (Å²) in [5.41, 5.74) is 1.81. The molecular weight excluding hydrogens is 364 g/mol. The number of halogens is 1. The van der Waals surface area contributed by atoms with E-state index in [4.69, 9.17) is 11.6 Å². The molecule has 2 amide bonds. The van der Waals surface area contributed by atoms with Gasteiger partial charge in [0.25, 0.3) is 11.8 Å². The molecule has 0 aliphatic carbocycles. The lowest BCUT2D eigenvalue weighted by atomic mass is 10.1. The lowest BCUT2D eigenvalue weighted by Gasteiger charge is -2.17. The second kappa shape index (κ2) is 8.57. The van der Waals surface area contributed by atoms with E-state index in [2.05, 4.69) is 29.5 Å². The van der Waals surface area contributed by atoms with Gasteiger partial charge in [0, 0.05) is 23.8 Å². The summed E-state index contributed by atoms with van der Waals surface area (Å²) in [6.45, 7) is 5.54. The molecular formula is C20H25ClN4O2. The summed E-state index contributed by atoms with van der Waals surface area (Å²) in [6, 6.07) is 6.91. The SMILES string of the molecule is CC(C)CCNC(=O)c1nc(C(=O)Nc2ccc(Cl)cc2)c2n1CCCC2. The number of imidazole rings is 1. The lowest BCUT2D eigenvalue weighted by Crippen LogP contribution is -2.29. The summed E-state index contributed by atoms with van der Waals surface area (Å²) >= 11 is 5.89. The van der Waals surface area contributed by atoms with Gasteiger partial charge in [0.15, 0.2) is 11.5 Å². The molecule has 0 saturated carbocycles. The highest BCUT2D eigenvalue weighted by atomic mass is 35.5. The van der Waals surface area contributed by atoms with Crippen molar-refractivity contribution in [3.8, 4) is 0 Å². The van der Waals surface area contributed by atoms with Gasteiger partial charge >= 0.3 is 0 Å². The number of rotatable bonds is 6. The summed E-state index contributed by atoms with van der Waals surface area (Å²) in [6.07, 6.45) is 3.62. The van der Waals surface area contributed by atoms with Gasteiger partial charge in [-0.2, -0.15) is 0 Å². The molecule has 1 aromatic carbocycles. The Morgan fingerprint density at radius 1 is 1.19 bits per heavy atom. The van der Waals surface area contributed by atoms with Crippen LogP contribution < -0.4 is 10.6 Å². The molecule has 0 unspecified atom stereocenters. The van der Waals surface area contributed by atoms with Crippen molar-refractivity contribution in [1.29, 1.82) is 0 Å². The van der Waals surface area contributed by atoms with E-state index in [1.807, 2.05) is 4.57 Å². The quantitative estimate of drug-likeness (QED) is 0.787. The number of hydrogen-bond donors (Lipinski definition) is 2. The molecule has 0 bridgehead atoms. The highest BCUT2D eigenvalue weighted by molar-refractivity contribution is 6.30. The molecule has 2 aromatic rings. The van der Waals surface area contributed by atoms with Crippen LogP contribution in [-0.4, -0.2) is 27.9 Å². The van der Waals surface area contributed by atoms with E-state index in [1.165, 1.54) is 0 Å². The number of carbonyl (C=O) groups is 2. The topological polar surface area (TPSA) is 76.0 Å². The minimum Gasteiger partial charge on any atom is -0.349 e. The van der Waals surface area contributed by atoms with Crippen LogP contribution in [0.3, 0.4) is 0 Å². The standard InChI is InChI=1S/C20H25ClN4O2/c1-13(2)10-11-22-20(27)18-24-17(16-5-3-4-12-25(16)18)19(26)23-15-8-6-14(21)7-9-15/h6-9,13H,3-5,10-12H2,1-2H3,(H,22,27)(H,23,26). The van der Waals surface area contributed by atoms with E-state index >= 15 is 0 Å². The maximum Gasteiger partial charge on any atom is 0.287 e. The second-order valence-corrected chi connectivity index (χ2v) is 7.68. The third-order valence-electron chi connectivity index (χ3n) is 4.65. The fourth-order valence-electron chi connectivity index (χ4n) is 3.18. The Kier molecular flexibility index (Phi) is 6.16. The molecule has 144 valence electrons. The predicted octanol–water partition coefficient (Wildman–Crippen LogP) is 3.90. The average Bonchev–Trinajstić information content (AvgIpc) is 3.03. The van der Waals surface area contributed by atoms with Gasteiger partial charge < -0.3 is 15.2 Å². The monoisotopic (exact) mass is 388 g/mol. The van der Waals surface area contributed by atoms with E-state index in [0.29, 0.717) is 41.2 Å². The van der Waals surface area contributed by atoms with Crippen molar-refractivity contribution in [2.24, 2.45) is 5.92 Å². The van der Waals surface area contributed by atoms with Gasteiger partial charge in [-0.15, -0.1) is 0 Å². The van der Waals surface area contributed by atoms with Gasteiger partial charge in [-0.25, -0.2) is 4.98 Å². The summed E-state index contributed by atoms with van der Waals surface area (Å²) in [5.74, 6) is 0.323. The lowest BCUT2D eigenvalue weighted by molar-refractivity contribution is 0.0936. The molecule has 0 fully saturated rings. The normalized spacial score (nSPS) is 13.3. The number of fused-ring (bicyclic) bond motifs is 1. The van der Waals surface area contributed by atoms with Crippen molar-refractivity contribution in [1.82, 2.24) is 14.9 Å².